The van der Waals surface area contributed by atoms with Crippen molar-refractivity contribution in [2.24, 2.45) is 0 Å². The average molecular weight is 292 g/mol. The number of benzene rings is 1. The first-order chi connectivity index (χ1) is 9.52. The van der Waals surface area contributed by atoms with Gasteiger partial charge in [-0.05, 0) is 31.4 Å². The topological polar surface area (TPSA) is 75.3 Å². The van der Waals surface area contributed by atoms with Crippen molar-refractivity contribution in [1.29, 1.82) is 0 Å². The van der Waals surface area contributed by atoms with Crippen LogP contribution in [0.5, 0.6) is 0 Å². The lowest BCUT2D eigenvalue weighted by atomic mass is 10.1. The minimum absolute atomic E-state index is 0.162. The van der Waals surface area contributed by atoms with E-state index in [4.69, 9.17) is 5.73 Å². The number of carbonyl (C=O) groups excluding carboxylic acids is 1. The Morgan fingerprint density at radius 3 is 2.95 bits per heavy atom. The molecule has 5 heteroatoms. The molecular formula is C15H20N2O2S. The number of aliphatic hydroxyl groups excluding tert-OH is 1. The predicted octanol–water partition coefficient (Wildman–Crippen LogP) is 2.68. The number of aliphatic hydroxyl groups is 1. The smallest absolute Gasteiger partial charge is 0.263 e. The highest BCUT2D eigenvalue weighted by Crippen LogP contribution is 2.34. The molecular weight excluding hydrogens is 272 g/mol. The number of carbonyl (C=O) groups is 1. The number of amides is 1. The van der Waals surface area contributed by atoms with Crippen LogP contribution in [0.3, 0.4) is 0 Å². The normalized spacial score (nSPS) is 12.6. The molecule has 0 aliphatic carbocycles. The van der Waals surface area contributed by atoms with Gasteiger partial charge < -0.3 is 16.2 Å². The van der Waals surface area contributed by atoms with Crippen LogP contribution in [0.25, 0.3) is 10.1 Å². The number of anilines is 1. The zero-order chi connectivity index (χ0) is 14.7. The minimum atomic E-state index is -0.363. The summed E-state index contributed by atoms with van der Waals surface area (Å²) in [4.78, 5) is 12.7. The largest absolute Gasteiger partial charge is 0.397 e. The molecule has 0 radical (unpaired) electrons. The zero-order valence-electron chi connectivity index (χ0n) is 11.8. The van der Waals surface area contributed by atoms with Gasteiger partial charge >= 0.3 is 0 Å². The van der Waals surface area contributed by atoms with Crippen LogP contribution in [0.2, 0.25) is 0 Å². The average Bonchev–Trinajstić information content (AvgIpc) is 2.75. The number of rotatable bonds is 5. The van der Waals surface area contributed by atoms with Gasteiger partial charge in [-0.1, -0.05) is 19.1 Å². The fraction of sp³-hybridized carbons (Fsp3) is 0.400. The van der Waals surface area contributed by atoms with Gasteiger partial charge in [-0.3, -0.25) is 4.79 Å². The van der Waals surface area contributed by atoms with Gasteiger partial charge in [-0.25, -0.2) is 0 Å². The van der Waals surface area contributed by atoms with Gasteiger partial charge in [0.2, 0.25) is 0 Å². The molecule has 1 aromatic heterocycles. The fourth-order valence-electron chi connectivity index (χ4n) is 2.03. The molecule has 0 aliphatic heterocycles. The molecule has 1 amide bonds. The third-order valence-electron chi connectivity index (χ3n) is 3.32. The molecule has 2 aromatic rings. The van der Waals surface area contributed by atoms with Gasteiger partial charge in [-0.15, -0.1) is 11.3 Å². The van der Waals surface area contributed by atoms with E-state index >= 15 is 0 Å². The molecule has 1 atom stereocenters. The van der Waals surface area contributed by atoms with Crippen LogP contribution >= 0.6 is 11.3 Å². The third-order valence-corrected chi connectivity index (χ3v) is 4.49. The van der Waals surface area contributed by atoms with Crippen molar-refractivity contribution < 1.29 is 9.90 Å². The molecule has 0 saturated carbocycles. The molecule has 2 rings (SSSR count). The molecule has 108 valence electrons. The Balaban J connectivity index is 2.12. The summed E-state index contributed by atoms with van der Waals surface area (Å²) in [5.41, 5.74) is 7.74. The monoisotopic (exact) mass is 292 g/mol. The molecule has 0 aliphatic rings. The number of hydrogen-bond acceptors (Lipinski definition) is 4. The Labute approximate surface area is 122 Å². The summed E-state index contributed by atoms with van der Waals surface area (Å²) < 4.78 is 1.03. The first-order valence-corrected chi connectivity index (χ1v) is 7.59. The lowest BCUT2D eigenvalue weighted by Crippen LogP contribution is -2.26. The number of hydrogen-bond donors (Lipinski definition) is 3. The van der Waals surface area contributed by atoms with Gasteiger partial charge in [0.25, 0.3) is 5.91 Å². The summed E-state index contributed by atoms with van der Waals surface area (Å²) >= 11 is 1.41. The van der Waals surface area contributed by atoms with E-state index in [1.807, 2.05) is 32.0 Å². The van der Waals surface area contributed by atoms with Crippen LogP contribution < -0.4 is 11.1 Å². The van der Waals surface area contributed by atoms with Crippen molar-refractivity contribution in [3.05, 3.63) is 28.6 Å². The van der Waals surface area contributed by atoms with Crippen LogP contribution in [-0.2, 0) is 0 Å². The van der Waals surface area contributed by atoms with E-state index < -0.39 is 0 Å². The number of nitrogens with two attached hydrogens (primary N) is 1. The molecule has 4 N–H and O–H groups in total. The highest BCUT2D eigenvalue weighted by molar-refractivity contribution is 7.21. The Kier molecular flexibility index (Phi) is 4.62. The van der Waals surface area contributed by atoms with Crippen molar-refractivity contribution in [1.82, 2.24) is 5.32 Å². The van der Waals surface area contributed by atoms with E-state index in [0.717, 1.165) is 15.6 Å². The van der Waals surface area contributed by atoms with E-state index in [-0.39, 0.29) is 12.0 Å². The van der Waals surface area contributed by atoms with Gasteiger partial charge in [0, 0.05) is 16.6 Å². The van der Waals surface area contributed by atoms with Crippen LogP contribution in [0.15, 0.2) is 18.2 Å². The quantitative estimate of drug-likeness (QED) is 0.793. The maximum Gasteiger partial charge on any atom is 0.263 e. The molecule has 1 heterocycles. The lowest BCUT2D eigenvalue weighted by Gasteiger charge is -2.08. The van der Waals surface area contributed by atoms with E-state index in [1.54, 1.807) is 0 Å². The number of nitrogens with one attached hydrogen (secondary N) is 1. The second-order valence-corrected chi connectivity index (χ2v) is 6.00. The van der Waals surface area contributed by atoms with Crippen molar-refractivity contribution >= 4 is 33.0 Å². The molecule has 0 bridgehead atoms. The zero-order valence-corrected chi connectivity index (χ0v) is 12.6. The first kappa shape index (κ1) is 14.8. The molecule has 1 aromatic carbocycles. The fourth-order valence-corrected chi connectivity index (χ4v) is 3.17. The molecule has 0 saturated heterocycles. The van der Waals surface area contributed by atoms with Crippen LogP contribution in [0.1, 0.15) is 35.0 Å². The van der Waals surface area contributed by atoms with Crippen molar-refractivity contribution in [3.8, 4) is 0 Å². The molecule has 0 fully saturated rings. The second kappa shape index (κ2) is 6.24. The van der Waals surface area contributed by atoms with Crippen molar-refractivity contribution in [2.45, 2.75) is 32.8 Å². The highest BCUT2D eigenvalue weighted by atomic mass is 32.1. The Morgan fingerprint density at radius 2 is 2.25 bits per heavy atom. The van der Waals surface area contributed by atoms with E-state index in [0.29, 0.717) is 30.0 Å². The molecule has 4 nitrogen and oxygen atoms in total. The number of fused-ring (bicyclic) bond motifs is 1. The van der Waals surface area contributed by atoms with Crippen molar-refractivity contribution in [2.75, 3.05) is 12.3 Å². The summed E-state index contributed by atoms with van der Waals surface area (Å²) in [6.45, 7) is 4.39. The van der Waals surface area contributed by atoms with Crippen LogP contribution in [0, 0.1) is 6.92 Å². The summed E-state index contributed by atoms with van der Waals surface area (Å²) in [5, 5.41) is 13.2. The van der Waals surface area contributed by atoms with Crippen molar-refractivity contribution in [3.63, 3.8) is 0 Å². The summed E-state index contributed by atoms with van der Waals surface area (Å²) in [7, 11) is 0. The van der Waals surface area contributed by atoms with E-state index in [9.17, 15) is 9.90 Å². The van der Waals surface area contributed by atoms with Gasteiger partial charge in [0.05, 0.1) is 11.8 Å². The van der Waals surface area contributed by atoms with Gasteiger partial charge in [-0.2, -0.15) is 0 Å². The first-order valence-electron chi connectivity index (χ1n) is 6.77. The molecule has 1 unspecified atom stereocenters. The third kappa shape index (κ3) is 3.11. The number of thiophene rings is 1. The maximum absolute atomic E-state index is 12.1. The minimum Gasteiger partial charge on any atom is -0.397 e. The van der Waals surface area contributed by atoms with Crippen LogP contribution in [-0.4, -0.2) is 23.7 Å². The van der Waals surface area contributed by atoms with Crippen LogP contribution in [0.4, 0.5) is 5.69 Å². The molecule has 20 heavy (non-hydrogen) atoms. The SMILES string of the molecule is CCC(O)CCNC(=O)c1sc2cc(C)ccc2c1N. The standard InChI is InChI=1S/C15H20N2O2S/c1-3-10(18)6-7-17-15(19)14-13(16)11-5-4-9(2)8-12(11)20-14/h4-5,8,10,18H,3,6-7,16H2,1-2H3,(H,17,19). The van der Waals surface area contributed by atoms with Gasteiger partial charge in [0.1, 0.15) is 4.88 Å². The highest BCUT2D eigenvalue weighted by Gasteiger charge is 2.16. The molecule has 0 spiro atoms. The number of nitrogen functional groups attached to an aromatic ring is 1. The second-order valence-electron chi connectivity index (χ2n) is 4.95. The Bertz CT molecular complexity index is 622. The summed E-state index contributed by atoms with van der Waals surface area (Å²) in [6, 6.07) is 5.98. The lowest BCUT2D eigenvalue weighted by molar-refractivity contribution is 0.0947. The van der Waals surface area contributed by atoms with Gasteiger partial charge in [0.15, 0.2) is 0 Å². The Morgan fingerprint density at radius 1 is 1.50 bits per heavy atom. The van der Waals surface area contributed by atoms with E-state index in [2.05, 4.69) is 5.32 Å². The van der Waals surface area contributed by atoms with E-state index in [1.165, 1.54) is 11.3 Å². The summed E-state index contributed by atoms with van der Waals surface area (Å²) in [5.74, 6) is -0.162. The predicted molar refractivity (Wildman–Crippen MR) is 84.2 cm³/mol. The summed E-state index contributed by atoms with van der Waals surface area (Å²) in [6.07, 6.45) is 0.893. The maximum atomic E-state index is 12.1. The Hall–Kier alpha value is -1.59. The number of aryl methyl sites for hydroxylation is 1.